The molecule has 0 saturated heterocycles. The largest absolute Gasteiger partial charge is 0.334 e. The number of fused-ring (bicyclic) bond motifs is 1. The van der Waals surface area contributed by atoms with E-state index in [-0.39, 0.29) is 18.0 Å². The van der Waals surface area contributed by atoms with Crippen molar-refractivity contribution in [2.24, 2.45) is 0 Å². The second-order valence-electron chi connectivity index (χ2n) is 8.56. The molecule has 6 heteroatoms. The molecule has 0 saturated carbocycles. The summed E-state index contributed by atoms with van der Waals surface area (Å²) in [6.07, 6.45) is 0. The standard InChI is InChI=1S/C26H28N4O2/c1-16(2)19-10-12-20(13-11-19)30-17(3)14-22(18(30)4)26(32)29(5)15-24-27-23-9-7-6-8-21(23)25(31)28-24/h6-14,16H,15H2,1-5H3,(H,27,28,31). The first-order chi connectivity index (χ1) is 15.3. The van der Waals surface area contributed by atoms with Gasteiger partial charge in [-0.05, 0) is 55.7 Å². The molecule has 4 rings (SSSR count). The Kier molecular flexibility index (Phi) is 5.70. The zero-order valence-corrected chi connectivity index (χ0v) is 19.1. The van der Waals surface area contributed by atoms with E-state index in [0.717, 1.165) is 17.1 Å². The van der Waals surface area contributed by atoms with Gasteiger partial charge in [-0.1, -0.05) is 38.1 Å². The van der Waals surface area contributed by atoms with Crippen LogP contribution in [0.5, 0.6) is 0 Å². The Bertz CT molecular complexity index is 1350. The zero-order chi connectivity index (χ0) is 23.0. The number of carbonyl (C=O) groups is 1. The van der Waals surface area contributed by atoms with Crippen LogP contribution >= 0.6 is 0 Å². The number of rotatable bonds is 5. The van der Waals surface area contributed by atoms with Crippen molar-refractivity contribution in [3.8, 4) is 5.69 Å². The SMILES string of the molecule is Cc1cc(C(=O)N(C)Cc2nc3ccccc3c(=O)[nH]2)c(C)n1-c1ccc(C(C)C)cc1. The Labute approximate surface area is 187 Å². The minimum Gasteiger partial charge on any atom is -0.334 e. The molecule has 0 aliphatic rings. The summed E-state index contributed by atoms with van der Waals surface area (Å²) in [5, 5.41) is 0.539. The zero-order valence-electron chi connectivity index (χ0n) is 19.1. The number of para-hydroxylation sites is 1. The monoisotopic (exact) mass is 428 g/mol. The van der Waals surface area contributed by atoms with Gasteiger partial charge in [-0.25, -0.2) is 4.98 Å². The molecular formula is C26H28N4O2. The smallest absolute Gasteiger partial charge is 0.258 e. The van der Waals surface area contributed by atoms with E-state index >= 15 is 0 Å². The quantitative estimate of drug-likeness (QED) is 0.500. The van der Waals surface area contributed by atoms with Crippen LogP contribution in [0.4, 0.5) is 0 Å². The van der Waals surface area contributed by atoms with Crippen LogP contribution in [0.3, 0.4) is 0 Å². The number of aryl methyl sites for hydroxylation is 1. The van der Waals surface area contributed by atoms with Crippen molar-refractivity contribution in [1.29, 1.82) is 0 Å². The van der Waals surface area contributed by atoms with Gasteiger partial charge in [0.25, 0.3) is 11.5 Å². The molecule has 2 aromatic heterocycles. The summed E-state index contributed by atoms with van der Waals surface area (Å²) in [5.74, 6) is 0.818. The molecule has 0 unspecified atom stereocenters. The van der Waals surface area contributed by atoms with E-state index in [9.17, 15) is 9.59 Å². The topological polar surface area (TPSA) is 71.0 Å². The molecule has 32 heavy (non-hydrogen) atoms. The number of carbonyl (C=O) groups excluding carboxylic acids is 1. The fourth-order valence-corrected chi connectivity index (χ4v) is 4.10. The molecule has 6 nitrogen and oxygen atoms in total. The molecule has 2 aromatic carbocycles. The highest BCUT2D eigenvalue weighted by Gasteiger charge is 2.21. The van der Waals surface area contributed by atoms with E-state index < -0.39 is 0 Å². The maximum atomic E-state index is 13.3. The summed E-state index contributed by atoms with van der Waals surface area (Å²) >= 11 is 0. The minimum atomic E-state index is -0.200. The third-order valence-electron chi connectivity index (χ3n) is 5.88. The fraction of sp³-hybridized carbons (Fsp3) is 0.269. The Balaban J connectivity index is 1.61. The Hall–Kier alpha value is -3.67. The Morgan fingerprint density at radius 2 is 1.78 bits per heavy atom. The molecular weight excluding hydrogens is 400 g/mol. The lowest BCUT2D eigenvalue weighted by Crippen LogP contribution is -2.28. The third-order valence-corrected chi connectivity index (χ3v) is 5.88. The van der Waals surface area contributed by atoms with Crippen molar-refractivity contribution < 1.29 is 4.79 Å². The minimum absolute atomic E-state index is 0.112. The number of nitrogens with one attached hydrogen (secondary N) is 1. The number of aromatic amines is 1. The van der Waals surface area contributed by atoms with E-state index in [1.54, 1.807) is 30.1 Å². The molecule has 164 valence electrons. The molecule has 0 radical (unpaired) electrons. The molecule has 0 spiro atoms. The lowest BCUT2D eigenvalue weighted by molar-refractivity contribution is 0.0781. The highest BCUT2D eigenvalue weighted by molar-refractivity contribution is 5.95. The predicted molar refractivity (Wildman–Crippen MR) is 127 cm³/mol. The Morgan fingerprint density at radius 3 is 2.47 bits per heavy atom. The maximum absolute atomic E-state index is 13.3. The van der Waals surface area contributed by atoms with Gasteiger partial charge in [-0.3, -0.25) is 9.59 Å². The van der Waals surface area contributed by atoms with E-state index in [4.69, 9.17) is 0 Å². The number of hydrogen-bond donors (Lipinski definition) is 1. The van der Waals surface area contributed by atoms with Gasteiger partial charge >= 0.3 is 0 Å². The first-order valence-corrected chi connectivity index (χ1v) is 10.8. The fourth-order valence-electron chi connectivity index (χ4n) is 4.10. The molecule has 0 bridgehead atoms. The van der Waals surface area contributed by atoms with Crippen LogP contribution in [-0.4, -0.2) is 32.4 Å². The van der Waals surface area contributed by atoms with Crippen LogP contribution in [0.1, 0.15) is 52.9 Å². The van der Waals surface area contributed by atoms with Gasteiger partial charge in [-0.2, -0.15) is 0 Å². The molecule has 0 aliphatic heterocycles. The summed E-state index contributed by atoms with van der Waals surface area (Å²) in [7, 11) is 1.72. The number of aromatic nitrogens is 3. The van der Waals surface area contributed by atoms with E-state index in [1.165, 1.54) is 5.56 Å². The van der Waals surface area contributed by atoms with Crippen LogP contribution < -0.4 is 5.56 Å². The first-order valence-electron chi connectivity index (χ1n) is 10.8. The summed E-state index contributed by atoms with van der Waals surface area (Å²) in [4.78, 5) is 34.5. The van der Waals surface area contributed by atoms with Gasteiger partial charge in [-0.15, -0.1) is 0 Å². The number of H-pyrrole nitrogens is 1. The van der Waals surface area contributed by atoms with Crippen molar-refractivity contribution in [2.75, 3.05) is 7.05 Å². The van der Waals surface area contributed by atoms with Crippen LogP contribution in [0.2, 0.25) is 0 Å². The molecule has 4 aromatic rings. The summed E-state index contributed by atoms with van der Waals surface area (Å²) in [6, 6.07) is 17.6. The van der Waals surface area contributed by atoms with Gasteiger partial charge in [0.2, 0.25) is 0 Å². The molecule has 0 atom stereocenters. The van der Waals surface area contributed by atoms with E-state index in [0.29, 0.717) is 28.2 Å². The van der Waals surface area contributed by atoms with Crippen molar-refractivity contribution in [2.45, 2.75) is 40.2 Å². The van der Waals surface area contributed by atoms with Gasteiger partial charge in [0, 0.05) is 24.1 Å². The van der Waals surface area contributed by atoms with Crippen molar-refractivity contribution >= 4 is 16.8 Å². The van der Waals surface area contributed by atoms with Crippen LogP contribution in [0.25, 0.3) is 16.6 Å². The lowest BCUT2D eigenvalue weighted by Gasteiger charge is -2.17. The lowest BCUT2D eigenvalue weighted by atomic mass is 10.0. The van der Waals surface area contributed by atoms with Crippen LogP contribution in [0.15, 0.2) is 59.4 Å². The number of benzene rings is 2. The Morgan fingerprint density at radius 1 is 1.09 bits per heavy atom. The van der Waals surface area contributed by atoms with Crippen LogP contribution in [-0.2, 0) is 6.54 Å². The number of amides is 1. The van der Waals surface area contributed by atoms with Gasteiger partial charge in [0.1, 0.15) is 5.82 Å². The van der Waals surface area contributed by atoms with Crippen molar-refractivity contribution in [3.63, 3.8) is 0 Å². The molecule has 0 aliphatic carbocycles. The number of nitrogens with zero attached hydrogens (tertiary/aromatic N) is 3. The van der Waals surface area contributed by atoms with Gasteiger partial charge in [0.15, 0.2) is 0 Å². The van der Waals surface area contributed by atoms with Crippen molar-refractivity contribution in [1.82, 2.24) is 19.4 Å². The summed E-state index contributed by atoms with van der Waals surface area (Å²) in [6.45, 7) is 8.52. The van der Waals surface area contributed by atoms with Crippen molar-refractivity contribution in [3.05, 3.63) is 93.3 Å². The maximum Gasteiger partial charge on any atom is 0.258 e. The first kappa shape index (κ1) is 21.6. The summed E-state index contributed by atoms with van der Waals surface area (Å²) < 4.78 is 2.10. The second-order valence-corrected chi connectivity index (χ2v) is 8.56. The molecule has 0 fully saturated rings. The van der Waals surface area contributed by atoms with Crippen LogP contribution in [0, 0.1) is 13.8 Å². The highest BCUT2D eigenvalue weighted by Crippen LogP contribution is 2.24. The molecule has 2 heterocycles. The summed E-state index contributed by atoms with van der Waals surface area (Å²) in [5.41, 5.74) is 5.26. The average Bonchev–Trinajstić information content (AvgIpc) is 3.07. The predicted octanol–water partition coefficient (Wildman–Crippen LogP) is 4.73. The van der Waals surface area contributed by atoms with Gasteiger partial charge < -0.3 is 14.5 Å². The van der Waals surface area contributed by atoms with Gasteiger partial charge in [0.05, 0.1) is 23.0 Å². The van der Waals surface area contributed by atoms with E-state index in [1.807, 2.05) is 26.0 Å². The highest BCUT2D eigenvalue weighted by atomic mass is 16.2. The average molecular weight is 429 g/mol. The van der Waals surface area contributed by atoms with E-state index in [2.05, 4.69) is 52.6 Å². The second kappa shape index (κ2) is 8.46. The third kappa shape index (κ3) is 3.96. The normalized spacial score (nSPS) is 11.3. The number of hydrogen-bond acceptors (Lipinski definition) is 3. The molecule has 1 amide bonds. The molecule has 1 N–H and O–H groups in total.